The molecule has 210 valence electrons. The summed E-state index contributed by atoms with van der Waals surface area (Å²) in [4.78, 5) is 30.1. The van der Waals surface area contributed by atoms with Gasteiger partial charge in [-0.25, -0.2) is 19.6 Å². The average Bonchev–Trinajstić information content (AvgIpc) is 3.45. The summed E-state index contributed by atoms with van der Waals surface area (Å²) in [5, 5.41) is 7.88. The molecule has 4 heterocycles. The zero-order valence-corrected chi connectivity index (χ0v) is 22.8. The molecule has 0 saturated carbocycles. The molecule has 4 aromatic heterocycles. The first-order valence-corrected chi connectivity index (χ1v) is 12.6. The Morgan fingerprint density at radius 2 is 1.66 bits per heavy atom. The minimum atomic E-state index is -0.494. The Hall–Kier alpha value is -5.46. The minimum absolute atomic E-state index is 0.0871. The first-order chi connectivity index (χ1) is 20.0. The monoisotopic (exact) mass is 557 g/mol. The van der Waals surface area contributed by atoms with Gasteiger partial charge in [-0.05, 0) is 30.7 Å². The summed E-state index contributed by atoms with van der Waals surface area (Å²) in [7, 11) is 4.61. The predicted octanol–water partition coefficient (Wildman–Crippen LogP) is 4.46. The van der Waals surface area contributed by atoms with E-state index in [-0.39, 0.29) is 11.7 Å². The zero-order chi connectivity index (χ0) is 28.8. The van der Waals surface area contributed by atoms with E-state index >= 15 is 0 Å². The molecule has 0 spiro atoms. The standard InChI is InChI=1S/C28H27N7O6/c1-5-10-40-24-16-35(17-13-31-28(39-4)32-14-17)34-26(24)27(36)33-25-7-6-18(15-30-25)41-21-8-9-29-20-12-23(38-3)22(37-2)11-19(20)21/h6-9,11-16H,5,10H2,1-4H3,(H,30,33,36). The van der Waals surface area contributed by atoms with Gasteiger partial charge in [0.25, 0.3) is 5.91 Å². The quantitative estimate of drug-likeness (QED) is 0.246. The van der Waals surface area contributed by atoms with Crippen molar-refractivity contribution in [3.05, 3.63) is 67.0 Å². The molecule has 0 atom stereocenters. The van der Waals surface area contributed by atoms with E-state index in [9.17, 15) is 4.79 Å². The molecule has 0 aliphatic heterocycles. The molecule has 5 rings (SSSR count). The van der Waals surface area contributed by atoms with Crippen molar-refractivity contribution < 1.29 is 28.5 Å². The average molecular weight is 558 g/mol. The lowest BCUT2D eigenvalue weighted by molar-refractivity contribution is 0.101. The number of rotatable bonds is 11. The van der Waals surface area contributed by atoms with Crippen LogP contribution >= 0.6 is 0 Å². The molecular formula is C28H27N7O6. The first-order valence-electron chi connectivity index (χ1n) is 12.6. The molecule has 0 bridgehead atoms. The number of anilines is 1. The summed E-state index contributed by atoms with van der Waals surface area (Å²) in [6, 6.07) is 8.86. The van der Waals surface area contributed by atoms with E-state index in [1.165, 1.54) is 30.4 Å². The first kappa shape index (κ1) is 27.1. The SMILES string of the molecule is CCCOc1cn(-c2cnc(OC)nc2)nc1C(=O)Nc1ccc(Oc2ccnc3cc(OC)c(OC)cc23)cn1. The van der Waals surface area contributed by atoms with Gasteiger partial charge in [0.1, 0.15) is 23.0 Å². The van der Waals surface area contributed by atoms with Crippen LogP contribution in [0.4, 0.5) is 5.82 Å². The van der Waals surface area contributed by atoms with Crippen LogP contribution in [0, 0.1) is 0 Å². The van der Waals surface area contributed by atoms with E-state index in [0.717, 1.165) is 11.8 Å². The number of aromatic nitrogens is 6. The number of carbonyl (C=O) groups is 1. The van der Waals surface area contributed by atoms with Crippen LogP contribution in [-0.2, 0) is 0 Å². The minimum Gasteiger partial charge on any atom is -0.493 e. The maximum Gasteiger partial charge on any atom is 0.316 e. The van der Waals surface area contributed by atoms with Crippen LogP contribution in [0.1, 0.15) is 23.8 Å². The highest BCUT2D eigenvalue weighted by Gasteiger charge is 2.20. The molecule has 41 heavy (non-hydrogen) atoms. The molecule has 13 nitrogen and oxygen atoms in total. The van der Waals surface area contributed by atoms with Gasteiger partial charge in [-0.15, -0.1) is 0 Å². The van der Waals surface area contributed by atoms with Gasteiger partial charge >= 0.3 is 6.01 Å². The second kappa shape index (κ2) is 12.2. The summed E-state index contributed by atoms with van der Waals surface area (Å²) in [5.41, 5.74) is 1.30. The number of fused-ring (bicyclic) bond motifs is 1. The van der Waals surface area contributed by atoms with Crippen LogP contribution in [0.25, 0.3) is 16.6 Å². The maximum atomic E-state index is 13.2. The van der Waals surface area contributed by atoms with Crippen molar-refractivity contribution >= 4 is 22.6 Å². The Morgan fingerprint density at radius 3 is 2.34 bits per heavy atom. The number of pyridine rings is 2. The van der Waals surface area contributed by atoms with E-state index in [2.05, 4.69) is 30.4 Å². The molecule has 5 aromatic rings. The highest BCUT2D eigenvalue weighted by atomic mass is 16.5. The van der Waals surface area contributed by atoms with Gasteiger partial charge in [0, 0.05) is 17.6 Å². The number of hydrogen-bond donors (Lipinski definition) is 1. The molecule has 0 saturated heterocycles. The summed E-state index contributed by atoms with van der Waals surface area (Å²) in [5.74, 6) is 2.26. The predicted molar refractivity (Wildman–Crippen MR) is 149 cm³/mol. The molecule has 0 fully saturated rings. The van der Waals surface area contributed by atoms with Crippen LogP contribution < -0.4 is 29.0 Å². The summed E-state index contributed by atoms with van der Waals surface area (Å²) in [6.45, 7) is 2.38. The smallest absolute Gasteiger partial charge is 0.316 e. The van der Waals surface area contributed by atoms with Gasteiger partial charge in [-0.3, -0.25) is 9.78 Å². The summed E-state index contributed by atoms with van der Waals surface area (Å²) >= 11 is 0. The number of methoxy groups -OCH3 is 3. The highest BCUT2D eigenvalue weighted by Crippen LogP contribution is 2.36. The lowest BCUT2D eigenvalue weighted by Crippen LogP contribution is -2.15. The van der Waals surface area contributed by atoms with E-state index in [4.69, 9.17) is 23.7 Å². The fourth-order valence-electron chi connectivity index (χ4n) is 3.85. The van der Waals surface area contributed by atoms with Crippen molar-refractivity contribution in [1.82, 2.24) is 29.7 Å². The molecule has 0 radical (unpaired) electrons. The van der Waals surface area contributed by atoms with Crippen molar-refractivity contribution in [1.29, 1.82) is 0 Å². The van der Waals surface area contributed by atoms with Gasteiger partial charge in [-0.2, -0.15) is 5.10 Å². The molecule has 13 heteroatoms. The summed E-state index contributed by atoms with van der Waals surface area (Å²) in [6.07, 6.45) is 8.56. The largest absolute Gasteiger partial charge is 0.493 e. The number of carbonyl (C=O) groups excluding carboxylic acids is 1. The summed E-state index contributed by atoms with van der Waals surface area (Å²) < 4.78 is 29.1. The number of nitrogens with zero attached hydrogens (tertiary/aromatic N) is 6. The molecule has 1 N–H and O–H groups in total. The molecule has 1 aromatic carbocycles. The molecule has 0 aliphatic carbocycles. The van der Waals surface area contributed by atoms with Gasteiger partial charge < -0.3 is 29.0 Å². The lowest BCUT2D eigenvalue weighted by Gasteiger charge is -2.12. The molecule has 0 aliphatic rings. The third kappa shape index (κ3) is 5.93. The van der Waals surface area contributed by atoms with Crippen LogP contribution in [0.5, 0.6) is 34.8 Å². The van der Waals surface area contributed by atoms with E-state index < -0.39 is 5.91 Å². The third-order valence-corrected chi connectivity index (χ3v) is 5.83. The normalized spacial score (nSPS) is 10.7. The van der Waals surface area contributed by atoms with Crippen molar-refractivity contribution in [2.45, 2.75) is 13.3 Å². The number of ether oxygens (including phenoxy) is 5. The van der Waals surface area contributed by atoms with E-state index in [1.54, 1.807) is 56.9 Å². The Balaban J connectivity index is 1.34. The van der Waals surface area contributed by atoms with Gasteiger partial charge in [0.05, 0.1) is 58.2 Å². The number of benzene rings is 1. The zero-order valence-electron chi connectivity index (χ0n) is 22.8. The van der Waals surface area contributed by atoms with Crippen molar-refractivity contribution in [3.8, 4) is 40.4 Å². The third-order valence-electron chi connectivity index (χ3n) is 5.83. The Kier molecular flexibility index (Phi) is 8.04. The Morgan fingerprint density at radius 1 is 0.878 bits per heavy atom. The van der Waals surface area contributed by atoms with Crippen LogP contribution in [0.2, 0.25) is 0 Å². The van der Waals surface area contributed by atoms with E-state index in [1.807, 2.05) is 6.92 Å². The second-order valence-electron chi connectivity index (χ2n) is 8.53. The topological polar surface area (TPSA) is 145 Å². The van der Waals surface area contributed by atoms with Gasteiger partial charge in [0.15, 0.2) is 22.9 Å². The fourth-order valence-corrected chi connectivity index (χ4v) is 3.85. The van der Waals surface area contributed by atoms with Crippen molar-refractivity contribution in [3.63, 3.8) is 0 Å². The molecule has 0 unspecified atom stereocenters. The molecule has 1 amide bonds. The van der Waals surface area contributed by atoms with Crippen molar-refractivity contribution in [2.75, 3.05) is 33.3 Å². The Bertz CT molecular complexity index is 1660. The number of hydrogen-bond acceptors (Lipinski definition) is 11. The van der Waals surface area contributed by atoms with Gasteiger partial charge in [-0.1, -0.05) is 6.92 Å². The van der Waals surface area contributed by atoms with Crippen LogP contribution in [-0.4, -0.2) is 63.6 Å². The second-order valence-corrected chi connectivity index (χ2v) is 8.53. The van der Waals surface area contributed by atoms with Gasteiger partial charge in [0.2, 0.25) is 0 Å². The van der Waals surface area contributed by atoms with Crippen LogP contribution in [0.3, 0.4) is 0 Å². The fraction of sp³-hybridized carbons (Fsp3) is 0.214. The molecular weight excluding hydrogens is 530 g/mol. The number of nitrogens with one attached hydrogen (secondary N) is 1. The number of amides is 1. The highest BCUT2D eigenvalue weighted by molar-refractivity contribution is 6.04. The maximum absolute atomic E-state index is 13.2. The van der Waals surface area contributed by atoms with E-state index in [0.29, 0.717) is 52.4 Å². The van der Waals surface area contributed by atoms with Crippen LogP contribution in [0.15, 0.2) is 61.3 Å². The lowest BCUT2D eigenvalue weighted by atomic mass is 10.2. The van der Waals surface area contributed by atoms with Crippen molar-refractivity contribution in [2.24, 2.45) is 0 Å². The Labute approximate surface area is 235 Å².